The Labute approximate surface area is 211 Å². The summed E-state index contributed by atoms with van der Waals surface area (Å²) in [6, 6.07) is 17.4. The summed E-state index contributed by atoms with van der Waals surface area (Å²) in [5.41, 5.74) is 1.33. The minimum absolute atomic E-state index is 0.132. The Hall–Kier alpha value is -5.06. The fourth-order valence-electron chi connectivity index (χ4n) is 4.73. The molecular weight excluding hydrogens is 474 g/mol. The maximum atomic E-state index is 13.5. The van der Waals surface area contributed by atoms with E-state index in [0.717, 1.165) is 11.1 Å². The largest absolute Gasteiger partial charge is 0.497 e. The first kappa shape index (κ1) is 22.4. The molecule has 1 saturated heterocycles. The number of ether oxygens (including phenoxy) is 1. The molecule has 11 nitrogen and oxygen atoms in total. The molecule has 0 unspecified atom stereocenters. The smallest absolute Gasteiger partial charge is 0.322 e. The van der Waals surface area contributed by atoms with Crippen LogP contribution in [0.2, 0.25) is 0 Å². The van der Waals surface area contributed by atoms with Crippen LogP contribution in [0.3, 0.4) is 0 Å². The number of aromatic nitrogens is 4. The van der Waals surface area contributed by atoms with Crippen molar-refractivity contribution in [1.82, 2.24) is 35.3 Å². The predicted octanol–water partition coefficient (Wildman–Crippen LogP) is 2.03. The SMILES string of the molecule is COc1ccc2c(c1)C(=O)N(C[C@@]1(c3cc(-c4ccccc4)nn3-c3ncccn3)NC(=O)NC1=O)C2. The number of rotatable bonds is 6. The van der Waals surface area contributed by atoms with E-state index >= 15 is 0 Å². The first-order valence-corrected chi connectivity index (χ1v) is 11.5. The van der Waals surface area contributed by atoms with E-state index in [0.29, 0.717) is 22.7 Å². The van der Waals surface area contributed by atoms with Gasteiger partial charge in [0.25, 0.3) is 17.8 Å². The van der Waals surface area contributed by atoms with E-state index in [9.17, 15) is 14.4 Å². The Morgan fingerprint density at radius 2 is 1.78 bits per heavy atom. The van der Waals surface area contributed by atoms with Crippen molar-refractivity contribution in [3.8, 4) is 23.0 Å². The number of amides is 4. The number of fused-ring (bicyclic) bond motifs is 1. The van der Waals surface area contributed by atoms with Gasteiger partial charge in [-0.05, 0) is 29.8 Å². The number of benzene rings is 2. The van der Waals surface area contributed by atoms with Gasteiger partial charge in [0.1, 0.15) is 5.75 Å². The number of urea groups is 1. The van der Waals surface area contributed by atoms with Gasteiger partial charge in [-0.2, -0.15) is 9.78 Å². The zero-order valence-electron chi connectivity index (χ0n) is 19.7. The van der Waals surface area contributed by atoms with Crippen LogP contribution in [0, 0.1) is 0 Å². The van der Waals surface area contributed by atoms with Gasteiger partial charge in [-0.3, -0.25) is 14.9 Å². The minimum Gasteiger partial charge on any atom is -0.497 e. The summed E-state index contributed by atoms with van der Waals surface area (Å²) in [5.74, 6) is -0.0979. The van der Waals surface area contributed by atoms with Gasteiger partial charge in [-0.1, -0.05) is 36.4 Å². The van der Waals surface area contributed by atoms with Gasteiger partial charge < -0.3 is 15.0 Å². The van der Waals surface area contributed by atoms with Gasteiger partial charge in [0.05, 0.1) is 25.0 Å². The summed E-state index contributed by atoms with van der Waals surface area (Å²) < 4.78 is 6.70. The third-order valence-electron chi connectivity index (χ3n) is 6.52. The lowest BCUT2D eigenvalue weighted by atomic mass is 9.93. The monoisotopic (exact) mass is 495 g/mol. The summed E-state index contributed by atoms with van der Waals surface area (Å²) in [5, 5.41) is 9.80. The zero-order valence-corrected chi connectivity index (χ0v) is 19.7. The summed E-state index contributed by atoms with van der Waals surface area (Å²) in [4.78, 5) is 49.5. The van der Waals surface area contributed by atoms with Crippen molar-refractivity contribution in [1.29, 1.82) is 0 Å². The van der Waals surface area contributed by atoms with E-state index in [1.54, 1.807) is 36.7 Å². The Bertz CT molecular complexity index is 1540. The van der Waals surface area contributed by atoms with Crippen LogP contribution in [0.15, 0.2) is 73.1 Å². The second-order valence-corrected chi connectivity index (χ2v) is 8.74. The first-order valence-electron chi connectivity index (χ1n) is 11.5. The lowest BCUT2D eigenvalue weighted by molar-refractivity contribution is -0.125. The molecule has 1 atom stereocenters. The molecule has 1 fully saturated rings. The topological polar surface area (TPSA) is 131 Å². The van der Waals surface area contributed by atoms with Crippen LogP contribution in [0.1, 0.15) is 21.6 Å². The van der Waals surface area contributed by atoms with E-state index in [4.69, 9.17) is 9.84 Å². The Morgan fingerprint density at radius 1 is 1.00 bits per heavy atom. The normalized spacial score (nSPS) is 18.5. The maximum absolute atomic E-state index is 13.5. The molecule has 2 aromatic carbocycles. The predicted molar refractivity (Wildman–Crippen MR) is 131 cm³/mol. The molecule has 2 N–H and O–H groups in total. The van der Waals surface area contributed by atoms with Crippen LogP contribution in [0.4, 0.5) is 4.79 Å². The van der Waals surface area contributed by atoms with Crippen molar-refractivity contribution >= 4 is 17.8 Å². The van der Waals surface area contributed by atoms with Gasteiger partial charge in [0, 0.05) is 30.1 Å². The number of carbonyl (C=O) groups excluding carboxylic acids is 3. The number of imide groups is 1. The first-order chi connectivity index (χ1) is 18.0. The van der Waals surface area contributed by atoms with E-state index < -0.39 is 17.5 Å². The number of hydrogen-bond acceptors (Lipinski definition) is 7. The molecule has 4 aromatic rings. The number of hydrogen-bond donors (Lipinski definition) is 2. The average molecular weight is 495 g/mol. The van der Waals surface area contributed by atoms with Crippen molar-refractivity contribution in [3.05, 3.63) is 89.9 Å². The van der Waals surface area contributed by atoms with Gasteiger partial charge in [0.2, 0.25) is 0 Å². The highest BCUT2D eigenvalue weighted by molar-refractivity contribution is 6.08. The van der Waals surface area contributed by atoms with Crippen LogP contribution in [0.25, 0.3) is 17.2 Å². The maximum Gasteiger partial charge on any atom is 0.322 e. The van der Waals surface area contributed by atoms with Crippen molar-refractivity contribution in [3.63, 3.8) is 0 Å². The van der Waals surface area contributed by atoms with Crippen molar-refractivity contribution in [2.45, 2.75) is 12.1 Å². The van der Waals surface area contributed by atoms with E-state index in [1.165, 1.54) is 16.7 Å². The van der Waals surface area contributed by atoms with Gasteiger partial charge in [-0.25, -0.2) is 14.8 Å². The number of nitrogens with one attached hydrogen (secondary N) is 2. The molecule has 2 aromatic heterocycles. The molecule has 6 rings (SSSR count). The summed E-state index contributed by atoms with van der Waals surface area (Å²) in [7, 11) is 1.53. The third-order valence-corrected chi connectivity index (χ3v) is 6.52. The molecule has 0 saturated carbocycles. The zero-order chi connectivity index (χ0) is 25.6. The van der Waals surface area contributed by atoms with E-state index in [2.05, 4.69) is 20.6 Å². The standard InChI is InChI=1S/C26H21N7O4/c1-37-18-9-8-17-14-32(22(34)19(17)12-18)15-26(23(35)29-25(36)30-26)21-13-20(16-6-3-2-4-7-16)31-33(21)24-27-10-5-11-28-24/h2-13H,14-15H2,1H3,(H2,29,30,35,36)/t26-/m0/s1. The van der Waals surface area contributed by atoms with E-state index in [1.807, 2.05) is 36.4 Å². The molecule has 11 heteroatoms. The van der Waals surface area contributed by atoms with Gasteiger partial charge in [0.15, 0.2) is 5.54 Å². The number of methoxy groups -OCH3 is 1. The van der Waals surface area contributed by atoms with Crippen LogP contribution in [0.5, 0.6) is 5.75 Å². The summed E-state index contributed by atoms with van der Waals surface area (Å²) >= 11 is 0. The van der Waals surface area contributed by atoms with Crippen molar-refractivity contribution in [2.24, 2.45) is 0 Å². The highest BCUT2D eigenvalue weighted by Crippen LogP contribution is 2.34. The number of nitrogens with zero attached hydrogens (tertiary/aromatic N) is 5. The molecule has 0 aliphatic carbocycles. The molecule has 37 heavy (non-hydrogen) atoms. The third kappa shape index (κ3) is 3.68. The quantitative estimate of drug-likeness (QED) is 0.391. The van der Waals surface area contributed by atoms with Crippen molar-refractivity contribution < 1.29 is 19.1 Å². The Kier molecular flexibility index (Phi) is 5.18. The fraction of sp³-hybridized carbons (Fsp3) is 0.154. The van der Waals surface area contributed by atoms with Crippen LogP contribution in [-0.2, 0) is 16.9 Å². The average Bonchev–Trinajstić information content (AvgIpc) is 3.59. The molecule has 4 amide bonds. The van der Waals surface area contributed by atoms with Crippen LogP contribution < -0.4 is 15.4 Å². The second-order valence-electron chi connectivity index (χ2n) is 8.74. The van der Waals surface area contributed by atoms with Crippen molar-refractivity contribution in [2.75, 3.05) is 13.7 Å². The van der Waals surface area contributed by atoms with Crippen LogP contribution in [-0.4, -0.2) is 56.1 Å². The van der Waals surface area contributed by atoms with E-state index in [-0.39, 0.29) is 24.9 Å². The fourth-order valence-corrected chi connectivity index (χ4v) is 4.73. The molecule has 184 valence electrons. The summed E-state index contributed by atoms with van der Waals surface area (Å²) in [6.45, 7) is 0.137. The molecule has 0 bridgehead atoms. The Balaban J connectivity index is 1.48. The number of carbonyl (C=O) groups is 3. The molecule has 0 radical (unpaired) electrons. The van der Waals surface area contributed by atoms with Gasteiger partial charge in [-0.15, -0.1) is 0 Å². The van der Waals surface area contributed by atoms with Gasteiger partial charge >= 0.3 is 6.03 Å². The molecule has 2 aliphatic rings. The van der Waals surface area contributed by atoms with Crippen LogP contribution >= 0.6 is 0 Å². The minimum atomic E-state index is -1.64. The second kappa shape index (κ2) is 8.55. The summed E-state index contributed by atoms with van der Waals surface area (Å²) in [6.07, 6.45) is 3.12. The lowest BCUT2D eigenvalue weighted by Gasteiger charge is -2.31. The molecular formula is C26H21N7O4. The highest BCUT2D eigenvalue weighted by Gasteiger charge is 2.53. The lowest BCUT2D eigenvalue weighted by Crippen LogP contribution is -2.53. The molecule has 0 spiro atoms. The molecule has 4 heterocycles. The molecule has 2 aliphatic heterocycles. The highest BCUT2D eigenvalue weighted by atomic mass is 16.5. The Morgan fingerprint density at radius 3 is 2.49 bits per heavy atom.